The summed E-state index contributed by atoms with van der Waals surface area (Å²) in [5.41, 5.74) is 4.41. The molecule has 0 unspecified atom stereocenters. The third-order valence-electron chi connectivity index (χ3n) is 5.52. The zero-order valence-electron chi connectivity index (χ0n) is 16.4. The minimum Gasteiger partial charge on any atom is -0.497 e. The van der Waals surface area contributed by atoms with E-state index in [9.17, 15) is 4.39 Å². The first-order valence-electron chi connectivity index (χ1n) is 10.0. The lowest BCUT2D eigenvalue weighted by molar-refractivity contribution is 0.414. The average Bonchev–Trinajstić information content (AvgIpc) is 2.91. The van der Waals surface area contributed by atoms with Gasteiger partial charge in [0, 0.05) is 5.56 Å². The lowest BCUT2D eigenvalue weighted by Crippen LogP contribution is -2.04. The highest BCUT2D eigenvalue weighted by Gasteiger charge is 2.21. The Labute approximate surface area is 157 Å². The van der Waals surface area contributed by atoms with E-state index in [2.05, 4.69) is 32.0 Å². The summed E-state index contributed by atoms with van der Waals surface area (Å²) in [6.45, 7) is 4.50. The highest BCUT2D eigenvalue weighted by Crippen LogP contribution is 2.39. The van der Waals surface area contributed by atoms with Gasteiger partial charge in [0.05, 0.1) is 7.11 Å². The molecule has 1 aliphatic carbocycles. The largest absolute Gasteiger partial charge is 0.497 e. The van der Waals surface area contributed by atoms with Gasteiger partial charge >= 0.3 is 0 Å². The molecule has 0 aromatic heterocycles. The predicted octanol–water partition coefficient (Wildman–Crippen LogP) is 7.14. The summed E-state index contributed by atoms with van der Waals surface area (Å²) in [6, 6.07) is 11.7. The van der Waals surface area contributed by atoms with Gasteiger partial charge in [0.25, 0.3) is 0 Å². The maximum Gasteiger partial charge on any atom is 0.131 e. The van der Waals surface area contributed by atoms with Crippen LogP contribution >= 0.6 is 0 Å². The van der Waals surface area contributed by atoms with Crippen LogP contribution in [0.5, 0.6) is 5.75 Å². The average molecular weight is 355 g/mol. The van der Waals surface area contributed by atoms with Gasteiger partial charge in [-0.05, 0) is 66.0 Å². The summed E-state index contributed by atoms with van der Waals surface area (Å²) in [5, 5.41) is 0. The molecule has 0 heterocycles. The number of hydrogen-bond acceptors (Lipinski definition) is 1. The predicted molar refractivity (Wildman–Crippen MR) is 107 cm³/mol. The van der Waals surface area contributed by atoms with Crippen molar-refractivity contribution in [2.75, 3.05) is 7.11 Å². The second-order valence-electron chi connectivity index (χ2n) is 8.05. The van der Waals surface area contributed by atoms with Crippen LogP contribution in [-0.2, 0) is 6.42 Å². The molecule has 0 bridgehead atoms. The van der Waals surface area contributed by atoms with Gasteiger partial charge in [0.1, 0.15) is 11.6 Å². The van der Waals surface area contributed by atoms with E-state index in [4.69, 9.17) is 4.74 Å². The van der Waals surface area contributed by atoms with Gasteiger partial charge in [-0.3, -0.25) is 0 Å². The summed E-state index contributed by atoms with van der Waals surface area (Å²) in [5.74, 6) is 1.69. The maximum atomic E-state index is 14.7. The maximum absolute atomic E-state index is 14.7. The van der Waals surface area contributed by atoms with Crippen molar-refractivity contribution < 1.29 is 9.13 Å². The number of methoxy groups -OCH3 is 1. The van der Waals surface area contributed by atoms with Gasteiger partial charge in [-0.15, -0.1) is 0 Å². The van der Waals surface area contributed by atoms with E-state index in [-0.39, 0.29) is 5.82 Å². The van der Waals surface area contributed by atoms with E-state index in [1.807, 2.05) is 6.07 Å². The monoisotopic (exact) mass is 354 g/mol. The Bertz CT molecular complexity index is 727. The first-order valence-corrected chi connectivity index (χ1v) is 10.0. The summed E-state index contributed by atoms with van der Waals surface area (Å²) in [4.78, 5) is 0. The van der Waals surface area contributed by atoms with Crippen LogP contribution in [0.25, 0.3) is 11.1 Å². The van der Waals surface area contributed by atoms with Crippen LogP contribution in [0.4, 0.5) is 4.39 Å². The number of ether oxygens (including phenoxy) is 1. The molecule has 2 heteroatoms. The van der Waals surface area contributed by atoms with Crippen molar-refractivity contribution in [1.82, 2.24) is 0 Å². The second kappa shape index (κ2) is 8.70. The zero-order valence-corrected chi connectivity index (χ0v) is 16.4. The Balaban J connectivity index is 2.08. The molecular formula is C24H31FO. The van der Waals surface area contributed by atoms with Crippen molar-refractivity contribution in [2.45, 2.75) is 64.7 Å². The van der Waals surface area contributed by atoms with E-state index in [0.717, 1.165) is 12.0 Å². The van der Waals surface area contributed by atoms with Gasteiger partial charge in [-0.25, -0.2) is 4.39 Å². The molecule has 0 spiro atoms. The van der Waals surface area contributed by atoms with Crippen LogP contribution in [0.15, 0.2) is 36.4 Å². The van der Waals surface area contributed by atoms with Gasteiger partial charge < -0.3 is 4.74 Å². The van der Waals surface area contributed by atoms with E-state index >= 15 is 0 Å². The fourth-order valence-electron chi connectivity index (χ4n) is 4.22. The van der Waals surface area contributed by atoms with Crippen LogP contribution in [0.3, 0.4) is 0 Å². The van der Waals surface area contributed by atoms with E-state index in [0.29, 0.717) is 23.1 Å². The Morgan fingerprint density at radius 3 is 2.35 bits per heavy atom. The van der Waals surface area contributed by atoms with Crippen molar-refractivity contribution >= 4 is 0 Å². The molecule has 1 aliphatic rings. The van der Waals surface area contributed by atoms with Gasteiger partial charge in [0.15, 0.2) is 0 Å². The Kier molecular flexibility index (Phi) is 6.34. The molecule has 1 nitrogen and oxygen atoms in total. The fraction of sp³-hybridized carbons (Fsp3) is 0.500. The van der Waals surface area contributed by atoms with Crippen molar-refractivity contribution in [1.29, 1.82) is 0 Å². The third-order valence-corrected chi connectivity index (χ3v) is 5.52. The quantitative estimate of drug-likeness (QED) is 0.519. The first kappa shape index (κ1) is 18.9. The van der Waals surface area contributed by atoms with Crippen molar-refractivity contribution in [2.24, 2.45) is 5.92 Å². The molecule has 2 aromatic rings. The summed E-state index contributed by atoms with van der Waals surface area (Å²) >= 11 is 0. The van der Waals surface area contributed by atoms with Crippen molar-refractivity contribution in [3.05, 3.63) is 53.3 Å². The van der Waals surface area contributed by atoms with E-state index in [1.54, 1.807) is 13.2 Å². The SMILES string of the molecule is COc1ccc(F)c(-c2ccc(CC(C)C)cc2C2CCCCCC2)c1. The van der Waals surface area contributed by atoms with Crippen LogP contribution in [0.1, 0.15) is 69.4 Å². The molecule has 0 radical (unpaired) electrons. The van der Waals surface area contributed by atoms with Gasteiger partial charge in [-0.1, -0.05) is 57.7 Å². The molecule has 1 fully saturated rings. The lowest BCUT2D eigenvalue weighted by Gasteiger charge is -2.21. The molecule has 0 aliphatic heterocycles. The molecule has 1 saturated carbocycles. The van der Waals surface area contributed by atoms with E-state index < -0.39 is 0 Å². The molecule has 0 amide bonds. The highest BCUT2D eigenvalue weighted by molar-refractivity contribution is 5.70. The van der Waals surface area contributed by atoms with Crippen molar-refractivity contribution in [3.8, 4) is 16.9 Å². The van der Waals surface area contributed by atoms with Crippen LogP contribution in [0, 0.1) is 11.7 Å². The Morgan fingerprint density at radius 2 is 1.69 bits per heavy atom. The standard InChI is InChI=1S/C24H31FO/c1-17(2)14-18-10-12-21(23-16-20(26-3)11-13-24(23)25)22(15-18)19-8-6-4-5-7-9-19/h10-13,15-17,19H,4-9,14H2,1-3H3. The topological polar surface area (TPSA) is 9.23 Å². The molecule has 26 heavy (non-hydrogen) atoms. The summed E-state index contributed by atoms with van der Waals surface area (Å²) in [6.07, 6.45) is 8.70. The normalized spacial score (nSPS) is 15.9. The number of hydrogen-bond donors (Lipinski definition) is 0. The summed E-state index contributed by atoms with van der Waals surface area (Å²) < 4.78 is 20.0. The lowest BCUT2D eigenvalue weighted by atomic mass is 9.84. The minimum atomic E-state index is -0.169. The minimum absolute atomic E-state index is 0.169. The number of benzene rings is 2. The van der Waals surface area contributed by atoms with Gasteiger partial charge in [0.2, 0.25) is 0 Å². The Morgan fingerprint density at radius 1 is 0.962 bits per heavy atom. The molecule has 0 saturated heterocycles. The molecule has 2 aromatic carbocycles. The van der Waals surface area contributed by atoms with Crippen molar-refractivity contribution in [3.63, 3.8) is 0 Å². The summed E-state index contributed by atoms with van der Waals surface area (Å²) in [7, 11) is 1.63. The zero-order chi connectivity index (χ0) is 18.5. The fourth-order valence-corrected chi connectivity index (χ4v) is 4.22. The van der Waals surface area contributed by atoms with Gasteiger partial charge in [-0.2, -0.15) is 0 Å². The molecule has 0 atom stereocenters. The molecule has 3 rings (SSSR count). The van der Waals surface area contributed by atoms with Crippen LogP contribution in [-0.4, -0.2) is 7.11 Å². The van der Waals surface area contributed by atoms with Crippen LogP contribution < -0.4 is 4.74 Å². The molecular weight excluding hydrogens is 323 g/mol. The third kappa shape index (κ3) is 4.47. The first-order chi connectivity index (χ1) is 12.6. The highest BCUT2D eigenvalue weighted by atomic mass is 19.1. The smallest absolute Gasteiger partial charge is 0.131 e. The molecule has 0 N–H and O–H groups in total. The Hall–Kier alpha value is -1.83. The number of halogens is 1. The van der Waals surface area contributed by atoms with E-state index in [1.165, 1.54) is 55.7 Å². The molecule has 140 valence electrons. The number of rotatable bonds is 5. The van der Waals surface area contributed by atoms with Crippen LogP contribution in [0.2, 0.25) is 0 Å². The second-order valence-corrected chi connectivity index (χ2v) is 8.05.